The van der Waals surface area contributed by atoms with E-state index in [0.717, 1.165) is 5.56 Å². The summed E-state index contributed by atoms with van der Waals surface area (Å²) in [6, 6.07) is 5.32. The van der Waals surface area contributed by atoms with Gasteiger partial charge in [0.05, 0.1) is 5.69 Å². The van der Waals surface area contributed by atoms with Crippen LogP contribution in [-0.2, 0) is 13.1 Å². The van der Waals surface area contributed by atoms with Crippen molar-refractivity contribution in [3.63, 3.8) is 0 Å². The second-order valence-corrected chi connectivity index (χ2v) is 5.80. The van der Waals surface area contributed by atoms with Crippen LogP contribution >= 0.6 is 23.8 Å². The summed E-state index contributed by atoms with van der Waals surface area (Å²) in [5.41, 5.74) is 1.32. The van der Waals surface area contributed by atoms with E-state index in [4.69, 9.17) is 23.8 Å². The molecule has 0 radical (unpaired) electrons. The highest BCUT2D eigenvalue weighted by molar-refractivity contribution is 7.71. The van der Waals surface area contributed by atoms with Crippen LogP contribution in [-0.4, -0.2) is 20.5 Å². The number of hydrogen-bond donors (Lipinski definition) is 1. The second-order valence-electron chi connectivity index (χ2n) is 5.00. The monoisotopic (exact) mass is 351 g/mol. The van der Waals surface area contributed by atoms with Gasteiger partial charge in [0.1, 0.15) is 5.56 Å². The molecule has 2 rings (SSSR count). The molecule has 0 aliphatic heterocycles. The van der Waals surface area contributed by atoms with Crippen LogP contribution in [0, 0.1) is 11.7 Å². The molecule has 0 saturated carbocycles. The molecule has 0 fully saturated rings. The summed E-state index contributed by atoms with van der Waals surface area (Å²) in [6.45, 7) is 6.46. The summed E-state index contributed by atoms with van der Waals surface area (Å²) < 4.78 is 3.24. The van der Waals surface area contributed by atoms with Crippen molar-refractivity contribution in [3.8, 4) is 5.88 Å². The summed E-state index contributed by atoms with van der Waals surface area (Å²) >= 11 is 11.2. The van der Waals surface area contributed by atoms with E-state index < -0.39 is 0 Å². The average molecular weight is 352 g/mol. The van der Waals surface area contributed by atoms with Crippen LogP contribution in [0.5, 0.6) is 5.88 Å². The number of rotatable bonds is 4. The molecule has 1 aromatic heterocycles. The molecule has 0 aliphatic carbocycles. The van der Waals surface area contributed by atoms with Crippen LogP contribution in [0.2, 0.25) is 5.02 Å². The zero-order chi connectivity index (χ0) is 17.1. The molecule has 0 aliphatic rings. The largest absolute Gasteiger partial charge is 0.494 e. The molecule has 0 unspecified atom stereocenters. The molecule has 23 heavy (non-hydrogen) atoms. The van der Waals surface area contributed by atoms with Crippen LogP contribution in [0.25, 0.3) is 0 Å². The van der Waals surface area contributed by atoms with Crippen molar-refractivity contribution >= 4 is 35.7 Å². The van der Waals surface area contributed by atoms with Crippen molar-refractivity contribution < 1.29 is 5.11 Å². The Morgan fingerprint density at radius 1 is 1.30 bits per heavy atom. The van der Waals surface area contributed by atoms with Gasteiger partial charge in [0.25, 0.3) is 5.56 Å². The van der Waals surface area contributed by atoms with Gasteiger partial charge in [-0.1, -0.05) is 17.7 Å². The fraction of sp³-hybridized carbons (Fsp3) is 0.312. The van der Waals surface area contributed by atoms with E-state index in [1.54, 1.807) is 12.1 Å². The third-order valence-corrected chi connectivity index (χ3v) is 4.25. The third-order valence-electron chi connectivity index (χ3n) is 3.57. The number of halogens is 1. The molecule has 7 heteroatoms. The maximum Gasteiger partial charge on any atom is 0.267 e. The lowest BCUT2D eigenvalue weighted by atomic mass is 10.2. The van der Waals surface area contributed by atoms with Gasteiger partial charge in [0.2, 0.25) is 5.88 Å². The van der Waals surface area contributed by atoms with Gasteiger partial charge in [-0.2, -0.15) is 0 Å². The van der Waals surface area contributed by atoms with Crippen molar-refractivity contribution in [1.82, 2.24) is 9.13 Å². The van der Waals surface area contributed by atoms with Crippen LogP contribution in [0.1, 0.15) is 25.0 Å². The fourth-order valence-corrected chi connectivity index (χ4v) is 2.84. The van der Waals surface area contributed by atoms with E-state index in [0.29, 0.717) is 28.6 Å². The normalized spacial score (nSPS) is 11.3. The number of benzene rings is 1. The maximum absolute atomic E-state index is 12.5. The predicted molar refractivity (Wildman–Crippen MR) is 96.0 cm³/mol. The summed E-state index contributed by atoms with van der Waals surface area (Å²) in [4.78, 5) is 16.8. The Kier molecular flexibility index (Phi) is 5.38. The Morgan fingerprint density at radius 3 is 2.57 bits per heavy atom. The van der Waals surface area contributed by atoms with Gasteiger partial charge in [-0.15, -0.1) is 0 Å². The highest BCUT2D eigenvalue weighted by Gasteiger charge is 2.13. The standard InChI is InChI=1S/C16H18ClN3O2S/c1-4-19-14(21)12(15(22)20(5-2)16(19)23)9-18-13-8-11(17)7-6-10(13)3/h6-9,21H,4-5H2,1-3H3. The van der Waals surface area contributed by atoms with E-state index in [2.05, 4.69) is 4.99 Å². The molecule has 1 heterocycles. The minimum absolute atomic E-state index is 0.113. The minimum atomic E-state index is -0.358. The molecular formula is C16H18ClN3O2S. The first kappa shape index (κ1) is 17.4. The van der Waals surface area contributed by atoms with Crippen molar-refractivity contribution in [2.45, 2.75) is 33.9 Å². The predicted octanol–water partition coefficient (Wildman–Crippen LogP) is 3.84. The number of aromatic hydroxyl groups is 1. The highest BCUT2D eigenvalue weighted by Crippen LogP contribution is 2.23. The molecule has 0 spiro atoms. The van der Waals surface area contributed by atoms with Gasteiger partial charge in [0, 0.05) is 24.3 Å². The van der Waals surface area contributed by atoms with Gasteiger partial charge in [-0.3, -0.25) is 18.9 Å². The Labute approximate surface area is 144 Å². The zero-order valence-electron chi connectivity index (χ0n) is 13.2. The highest BCUT2D eigenvalue weighted by atomic mass is 35.5. The molecule has 2 aromatic rings. The summed E-state index contributed by atoms with van der Waals surface area (Å²) in [5, 5.41) is 10.9. The zero-order valence-corrected chi connectivity index (χ0v) is 14.8. The van der Waals surface area contributed by atoms with Crippen molar-refractivity contribution in [1.29, 1.82) is 0 Å². The molecule has 0 bridgehead atoms. The summed E-state index contributed by atoms with van der Waals surface area (Å²) in [6.07, 6.45) is 1.36. The van der Waals surface area contributed by atoms with Crippen LogP contribution in [0.15, 0.2) is 28.0 Å². The summed E-state index contributed by atoms with van der Waals surface area (Å²) in [5.74, 6) is -0.171. The Bertz CT molecular complexity index is 884. The Hall–Kier alpha value is -1.92. The minimum Gasteiger partial charge on any atom is -0.494 e. The van der Waals surface area contributed by atoms with Crippen molar-refractivity contribution in [3.05, 3.63) is 49.5 Å². The summed E-state index contributed by atoms with van der Waals surface area (Å²) in [7, 11) is 0. The lowest BCUT2D eigenvalue weighted by molar-refractivity contribution is 0.399. The Balaban J connectivity index is 2.64. The average Bonchev–Trinajstić information content (AvgIpc) is 2.51. The van der Waals surface area contributed by atoms with Crippen molar-refractivity contribution in [2.75, 3.05) is 0 Å². The van der Waals surface area contributed by atoms with Gasteiger partial charge in [-0.25, -0.2) is 0 Å². The lowest BCUT2D eigenvalue weighted by Crippen LogP contribution is -2.27. The number of hydrogen-bond acceptors (Lipinski definition) is 4. The van der Waals surface area contributed by atoms with E-state index in [1.165, 1.54) is 15.3 Å². The van der Waals surface area contributed by atoms with E-state index in [9.17, 15) is 9.90 Å². The van der Waals surface area contributed by atoms with E-state index in [-0.39, 0.29) is 17.0 Å². The number of aryl methyl sites for hydroxylation is 1. The molecular weight excluding hydrogens is 334 g/mol. The first-order chi connectivity index (χ1) is 10.9. The van der Waals surface area contributed by atoms with Crippen LogP contribution < -0.4 is 5.56 Å². The smallest absolute Gasteiger partial charge is 0.267 e. The molecule has 122 valence electrons. The molecule has 0 saturated heterocycles. The first-order valence-electron chi connectivity index (χ1n) is 7.27. The molecule has 1 N–H and O–H groups in total. The SMILES string of the molecule is CCn1c(O)c(C=Nc2cc(Cl)ccc2C)c(=O)n(CC)c1=S. The maximum atomic E-state index is 12.5. The van der Waals surface area contributed by atoms with Gasteiger partial charge < -0.3 is 5.11 Å². The van der Waals surface area contributed by atoms with E-state index >= 15 is 0 Å². The number of nitrogens with zero attached hydrogens (tertiary/aromatic N) is 3. The quantitative estimate of drug-likeness (QED) is 0.672. The molecule has 5 nitrogen and oxygen atoms in total. The number of aliphatic imine (C=N–C) groups is 1. The lowest BCUT2D eigenvalue weighted by Gasteiger charge is -2.13. The Morgan fingerprint density at radius 2 is 1.96 bits per heavy atom. The fourth-order valence-electron chi connectivity index (χ4n) is 2.24. The van der Waals surface area contributed by atoms with Gasteiger partial charge in [0.15, 0.2) is 4.77 Å². The van der Waals surface area contributed by atoms with Gasteiger partial charge in [-0.05, 0) is 50.7 Å². The van der Waals surface area contributed by atoms with Crippen molar-refractivity contribution in [2.24, 2.45) is 4.99 Å². The van der Waals surface area contributed by atoms with Crippen LogP contribution in [0.3, 0.4) is 0 Å². The topological polar surface area (TPSA) is 59.5 Å². The van der Waals surface area contributed by atoms with E-state index in [1.807, 2.05) is 26.8 Å². The molecule has 1 aromatic carbocycles. The second kappa shape index (κ2) is 7.10. The molecule has 0 atom stereocenters. The molecule has 0 amide bonds. The third kappa shape index (κ3) is 3.38. The number of aromatic nitrogens is 2. The van der Waals surface area contributed by atoms with Crippen LogP contribution in [0.4, 0.5) is 5.69 Å². The first-order valence-corrected chi connectivity index (χ1v) is 8.06. The van der Waals surface area contributed by atoms with Gasteiger partial charge >= 0.3 is 0 Å².